The summed E-state index contributed by atoms with van der Waals surface area (Å²) in [5.41, 5.74) is 0.535. The summed E-state index contributed by atoms with van der Waals surface area (Å²) in [6.07, 6.45) is 2.79. The number of nitrogens with zero attached hydrogens (tertiary/aromatic N) is 2. The largest absolute Gasteiger partial charge is 0.489 e. The molecule has 0 bridgehead atoms. The highest BCUT2D eigenvalue weighted by Crippen LogP contribution is 2.40. The summed E-state index contributed by atoms with van der Waals surface area (Å²) in [5, 5.41) is 3.35. The summed E-state index contributed by atoms with van der Waals surface area (Å²) < 4.78 is 42.0. The van der Waals surface area contributed by atoms with Gasteiger partial charge in [0.25, 0.3) is 0 Å². The van der Waals surface area contributed by atoms with Crippen LogP contribution in [0.15, 0.2) is 16.7 Å². The zero-order chi connectivity index (χ0) is 18.3. The lowest BCUT2D eigenvalue weighted by Crippen LogP contribution is -2.13. The average Bonchev–Trinajstić information content (AvgIpc) is 3.37. The first-order valence-electron chi connectivity index (χ1n) is 8.57. The Bertz CT molecular complexity index is 923. The molecule has 1 aliphatic carbocycles. The molecular formula is C17H19ClN2O5S. The lowest BCUT2D eigenvalue weighted by atomic mass is 10.2. The highest BCUT2D eigenvalue weighted by atomic mass is 35.5. The summed E-state index contributed by atoms with van der Waals surface area (Å²) in [6.45, 7) is 2.58. The van der Waals surface area contributed by atoms with Crippen molar-refractivity contribution < 1.29 is 22.4 Å². The Labute approximate surface area is 156 Å². The Morgan fingerprint density at radius 2 is 2.04 bits per heavy atom. The Hall–Kier alpha value is -1.80. The number of hydrogen-bond acceptors (Lipinski definition) is 7. The van der Waals surface area contributed by atoms with Crippen LogP contribution in [-0.4, -0.2) is 31.8 Å². The van der Waals surface area contributed by atoms with Crippen molar-refractivity contribution in [3.63, 3.8) is 0 Å². The molecule has 9 heteroatoms. The van der Waals surface area contributed by atoms with Gasteiger partial charge in [-0.2, -0.15) is 4.98 Å². The maximum absolute atomic E-state index is 12.8. The van der Waals surface area contributed by atoms with Crippen molar-refractivity contribution in [3.05, 3.63) is 34.4 Å². The van der Waals surface area contributed by atoms with Gasteiger partial charge >= 0.3 is 0 Å². The summed E-state index contributed by atoms with van der Waals surface area (Å²) in [7, 11) is -3.56. The molecule has 0 radical (unpaired) electrons. The van der Waals surface area contributed by atoms with E-state index in [0.717, 1.165) is 19.3 Å². The predicted molar refractivity (Wildman–Crippen MR) is 94.4 cm³/mol. The van der Waals surface area contributed by atoms with Crippen LogP contribution in [-0.2, 0) is 15.6 Å². The number of rotatable bonds is 5. The quantitative estimate of drug-likeness (QED) is 0.761. The molecule has 1 fully saturated rings. The first-order chi connectivity index (χ1) is 12.4. The van der Waals surface area contributed by atoms with Crippen LogP contribution >= 0.6 is 11.6 Å². The number of sulfone groups is 1. The fraction of sp³-hybridized carbons (Fsp3) is 0.529. The van der Waals surface area contributed by atoms with E-state index in [9.17, 15) is 8.42 Å². The van der Waals surface area contributed by atoms with Crippen LogP contribution in [0.5, 0.6) is 11.5 Å². The molecule has 0 spiro atoms. The van der Waals surface area contributed by atoms with Crippen molar-refractivity contribution >= 4 is 21.4 Å². The SMILES string of the molecule is C[C@H](c1nc(C2CC2)no1)S(=O)(=O)Cc1cc(Cl)c2c(c1)OCCCO2. The second kappa shape index (κ2) is 6.74. The smallest absolute Gasteiger partial charge is 0.244 e. The van der Waals surface area contributed by atoms with Gasteiger partial charge in [-0.1, -0.05) is 16.8 Å². The van der Waals surface area contributed by atoms with Gasteiger partial charge in [-0.05, 0) is 37.5 Å². The lowest BCUT2D eigenvalue weighted by Gasteiger charge is -2.13. The number of benzene rings is 1. The highest BCUT2D eigenvalue weighted by Gasteiger charge is 2.33. The zero-order valence-corrected chi connectivity index (χ0v) is 15.8. The van der Waals surface area contributed by atoms with Crippen LogP contribution in [0.3, 0.4) is 0 Å². The van der Waals surface area contributed by atoms with E-state index in [1.165, 1.54) is 0 Å². The predicted octanol–water partition coefficient (Wildman–Crippen LogP) is 3.44. The zero-order valence-electron chi connectivity index (χ0n) is 14.3. The van der Waals surface area contributed by atoms with Crippen LogP contribution in [0.25, 0.3) is 0 Å². The fourth-order valence-corrected chi connectivity index (χ4v) is 4.37. The molecule has 1 aromatic carbocycles. The van der Waals surface area contributed by atoms with E-state index in [1.54, 1.807) is 19.1 Å². The number of hydrogen-bond donors (Lipinski definition) is 0. The van der Waals surface area contributed by atoms with E-state index in [1.807, 2.05) is 0 Å². The maximum atomic E-state index is 12.8. The van der Waals surface area contributed by atoms with Gasteiger partial charge in [0.2, 0.25) is 5.89 Å². The molecule has 1 aliphatic heterocycles. The summed E-state index contributed by atoms with van der Waals surface area (Å²) in [4.78, 5) is 4.25. The van der Waals surface area contributed by atoms with Gasteiger partial charge in [0.15, 0.2) is 27.2 Å². The van der Waals surface area contributed by atoms with Crippen molar-refractivity contribution in [1.29, 1.82) is 0 Å². The van der Waals surface area contributed by atoms with Gasteiger partial charge in [0, 0.05) is 12.3 Å². The minimum Gasteiger partial charge on any atom is -0.489 e. The van der Waals surface area contributed by atoms with Gasteiger partial charge in [0.05, 0.1) is 24.0 Å². The Kier molecular flexibility index (Phi) is 4.56. The molecule has 140 valence electrons. The Morgan fingerprint density at radius 3 is 2.81 bits per heavy atom. The minimum absolute atomic E-state index is 0.132. The van der Waals surface area contributed by atoms with Crippen LogP contribution in [0.4, 0.5) is 0 Å². The normalized spacial score (nSPS) is 18.4. The highest BCUT2D eigenvalue weighted by molar-refractivity contribution is 7.90. The third-order valence-electron chi connectivity index (χ3n) is 4.52. The standard InChI is InChI=1S/C17H19ClN2O5S/c1-10(17-19-16(20-25-17)12-3-4-12)26(21,22)9-11-7-13(18)15-14(8-11)23-5-2-6-24-15/h7-8,10,12H,2-6,9H2,1H3/t10-/m1/s1. The second-order valence-corrected chi connectivity index (χ2v) is 9.40. The van der Waals surface area contributed by atoms with Crippen LogP contribution in [0.2, 0.25) is 5.02 Å². The molecule has 2 aliphatic rings. The van der Waals surface area contributed by atoms with Crippen LogP contribution < -0.4 is 9.47 Å². The molecule has 2 aromatic rings. The monoisotopic (exact) mass is 398 g/mol. The first-order valence-corrected chi connectivity index (χ1v) is 10.7. The number of ether oxygens (including phenoxy) is 2. The molecular weight excluding hydrogens is 380 g/mol. The molecule has 0 unspecified atom stereocenters. The molecule has 2 heterocycles. The molecule has 1 aromatic heterocycles. The maximum Gasteiger partial charge on any atom is 0.244 e. The molecule has 0 saturated heterocycles. The summed E-state index contributed by atoms with van der Waals surface area (Å²) in [6, 6.07) is 3.27. The molecule has 7 nitrogen and oxygen atoms in total. The van der Waals surface area contributed by atoms with Crippen molar-refractivity contribution in [3.8, 4) is 11.5 Å². The lowest BCUT2D eigenvalue weighted by molar-refractivity contribution is 0.297. The Morgan fingerprint density at radius 1 is 1.27 bits per heavy atom. The van der Waals surface area contributed by atoms with Gasteiger partial charge in [-0.25, -0.2) is 8.42 Å². The third-order valence-corrected chi connectivity index (χ3v) is 6.81. The van der Waals surface area contributed by atoms with E-state index in [0.29, 0.717) is 47.0 Å². The van der Waals surface area contributed by atoms with Gasteiger partial charge in [-0.3, -0.25) is 0 Å². The first kappa shape index (κ1) is 17.6. The van der Waals surface area contributed by atoms with Gasteiger partial charge < -0.3 is 14.0 Å². The van der Waals surface area contributed by atoms with E-state index in [-0.39, 0.29) is 11.6 Å². The summed E-state index contributed by atoms with van der Waals surface area (Å²) >= 11 is 6.25. The van der Waals surface area contributed by atoms with E-state index in [4.69, 9.17) is 25.6 Å². The molecule has 4 rings (SSSR count). The van der Waals surface area contributed by atoms with E-state index >= 15 is 0 Å². The fourth-order valence-electron chi connectivity index (χ4n) is 2.80. The number of aromatic nitrogens is 2. The number of fused-ring (bicyclic) bond motifs is 1. The average molecular weight is 399 g/mol. The molecule has 1 saturated carbocycles. The molecule has 0 amide bonds. The van der Waals surface area contributed by atoms with Crippen molar-refractivity contribution in [2.75, 3.05) is 13.2 Å². The summed E-state index contributed by atoms with van der Waals surface area (Å²) in [5.74, 6) is 1.77. The second-order valence-electron chi connectivity index (χ2n) is 6.67. The van der Waals surface area contributed by atoms with E-state index in [2.05, 4.69) is 10.1 Å². The Balaban J connectivity index is 1.56. The minimum atomic E-state index is -3.56. The molecule has 0 N–H and O–H groups in total. The molecule has 1 atom stereocenters. The van der Waals surface area contributed by atoms with E-state index < -0.39 is 15.1 Å². The van der Waals surface area contributed by atoms with Crippen molar-refractivity contribution in [2.24, 2.45) is 0 Å². The van der Waals surface area contributed by atoms with Crippen molar-refractivity contribution in [1.82, 2.24) is 10.1 Å². The third kappa shape index (κ3) is 3.53. The van der Waals surface area contributed by atoms with Gasteiger partial charge in [0.1, 0.15) is 5.25 Å². The van der Waals surface area contributed by atoms with Crippen LogP contribution in [0, 0.1) is 0 Å². The number of halogens is 1. The van der Waals surface area contributed by atoms with Gasteiger partial charge in [-0.15, -0.1) is 0 Å². The molecule has 26 heavy (non-hydrogen) atoms. The topological polar surface area (TPSA) is 91.5 Å². The van der Waals surface area contributed by atoms with Crippen molar-refractivity contribution in [2.45, 2.75) is 43.1 Å². The van der Waals surface area contributed by atoms with Crippen LogP contribution in [0.1, 0.15) is 54.6 Å².